The Labute approximate surface area is 196 Å². The van der Waals surface area contributed by atoms with E-state index in [9.17, 15) is 4.79 Å². The first kappa shape index (κ1) is 26.4. The summed E-state index contributed by atoms with van der Waals surface area (Å²) in [5.41, 5.74) is 0. The zero-order valence-corrected chi connectivity index (χ0v) is 20.8. The summed E-state index contributed by atoms with van der Waals surface area (Å²) in [6.07, 6.45) is 2.37. The fourth-order valence-electron chi connectivity index (χ4n) is 3.03. The van der Waals surface area contributed by atoms with Crippen LogP contribution in [0.2, 0.25) is 0 Å². The molecule has 1 aromatic heterocycles. The number of carbonyl (C=O) groups excluding carboxylic acids is 1. The van der Waals surface area contributed by atoms with E-state index in [0.29, 0.717) is 26.2 Å². The minimum absolute atomic E-state index is 0. The second-order valence-corrected chi connectivity index (χ2v) is 6.97. The molecule has 0 saturated carbocycles. The van der Waals surface area contributed by atoms with Gasteiger partial charge in [0.1, 0.15) is 12.4 Å². The first-order valence-electron chi connectivity index (χ1n) is 10.4. The van der Waals surface area contributed by atoms with E-state index in [4.69, 9.17) is 9.47 Å². The predicted octanol–water partition coefficient (Wildman–Crippen LogP) is 1.82. The van der Waals surface area contributed by atoms with Crippen LogP contribution in [-0.2, 0) is 23.1 Å². The maximum Gasteiger partial charge on any atom is 0.409 e. The van der Waals surface area contributed by atoms with Gasteiger partial charge in [0, 0.05) is 45.9 Å². The van der Waals surface area contributed by atoms with Crippen molar-refractivity contribution in [3.8, 4) is 0 Å². The van der Waals surface area contributed by atoms with Gasteiger partial charge < -0.3 is 29.6 Å². The lowest BCUT2D eigenvalue weighted by Gasteiger charge is -2.32. The number of nitrogens with zero attached hydrogens (tertiary/aromatic N) is 5. The topological polar surface area (TPSA) is 106 Å². The standard InChI is InChI=1S/C19H35N7O3.HI/c1-5-28-13-7-10-20-18(21-14-17-24-23-15(3)25(17)4)22-16-8-11-26(12-9-16)19(27)29-6-2;/h16H,5-14H2,1-4H3,(H2,20,21,22);1H. The first-order chi connectivity index (χ1) is 14.0. The molecule has 11 heteroatoms. The number of hydrogen-bond donors (Lipinski definition) is 2. The Kier molecular flexibility index (Phi) is 12.7. The van der Waals surface area contributed by atoms with Crippen LogP contribution in [0.15, 0.2) is 4.99 Å². The molecule has 0 aromatic carbocycles. The number of ether oxygens (including phenoxy) is 2. The molecule has 0 radical (unpaired) electrons. The number of carbonyl (C=O) groups is 1. The SMILES string of the molecule is CCOCCCNC(=NCc1nnc(C)n1C)NC1CCN(C(=O)OCC)CC1.I. The van der Waals surface area contributed by atoms with Crippen molar-refractivity contribution in [3.63, 3.8) is 0 Å². The van der Waals surface area contributed by atoms with Gasteiger partial charge in [-0.25, -0.2) is 9.79 Å². The average molecular weight is 537 g/mol. The van der Waals surface area contributed by atoms with E-state index in [2.05, 4.69) is 25.8 Å². The summed E-state index contributed by atoms with van der Waals surface area (Å²) in [5, 5.41) is 15.1. The summed E-state index contributed by atoms with van der Waals surface area (Å²) in [4.78, 5) is 18.3. The number of aliphatic imine (C=N–C) groups is 1. The van der Waals surface area contributed by atoms with Gasteiger partial charge in [-0.3, -0.25) is 0 Å². The van der Waals surface area contributed by atoms with Crippen molar-refractivity contribution in [1.82, 2.24) is 30.3 Å². The molecule has 2 rings (SSSR count). The van der Waals surface area contributed by atoms with Crippen molar-refractivity contribution < 1.29 is 14.3 Å². The third kappa shape index (κ3) is 8.62. The Hall–Kier alpha value is -1.63. The van der Waals surface area contributed by atoms with Crippen LogP contribution < -0.4 is 10.6 Å². The summed E-state index contributed by atoms with van der Waals surface area (Å²) in [6, 6.07) is 0.250. The molecule has 1 aromatic rings. The van der Waals surface area contributed by atoms with Crippen LogP contribution in [0.4, 0.5) is 4.79 Å². The van der Waals surface area contributed by atoms with E-state index in [1.807, 2.05) is 32.4 Å². The van der Waals surface area contributed by atoms with Crippen LogP contribution in [0.1, 0.15) is 44.8 Å². The first-order valence-corrected chi connectivity index (χ1v) is 10.4. The average Bonchev–Trinajstić information content (AvgIpc) is 3.04. The van der Waals surface area contributed by atoms with Gasteiger partial charge in [-0.2, -0.15) is 0 Å². The van der Waals surface area contributed by atoms with Gasteiger partial charge in [0.25, 0.3) is 0 Å². The number of likely N-dealkylation sites (tertiary alicyclic amines) is 1. The summed E-state index contributed by atoms with van der Waals surface area (Å²) in [7, 11) is 1.94. The second kappa shape index (κ2) is 14.4. The van der Waals surface area contributed by atoms with Crippen molar-refractivity contribution in [3.05, 3.63) is 11.6 Å². The zero-order chi connectivity index (χ0) is 21.1. The number of halogens is 1. The van der Waals surface area contributed by atoms with E-state index < -0.39 is 0 Å². The van der Waals surface area contributed by atoms with Gasteiger partial charge in [-0.1, -0.05) is 0 Å². The number of nitrogens with one attached hydrogen (secondary N) is 2. The van der Waals surface area contributed by atoms with Crippen molar-refractivity contribution in [2.24, 2.45) is 12.0 Å². The normalized spacial score (nSPS) is 14.9. The molecular formula is C19H36IN7O3. The number of guanidine groups is 1. The summed E-state index contributed by atoms with van der Waals surface area (Å²) in [6.45, 7) is 10.2. The molecule has 172 valence electrons. The minimum atomic E-state index is -0.230. The van der Waals surface area contributed by atoms with Crippen LogP contribution in [0.3, 0.4) is 0 Å². The van der Waals surface area contributed by atoms with Gasteiger partial charge in [0.15, 0.2) is 11.8 Å². The maximum absolute atomic E-state index is 11.9. The van der Waals surface area contributed by atoms with Crippen molar-refractivity contribution >= 4 is 36.0 Å². The molecule has 0 atom stereocenters. The lowest BCUT2D eigenvalue weighted by Crippen LogP contribution is -2.50. The Bertz CT molecular complexity index is 661. The molecule has 1 amide bonds. The number of amides is 1. The fourth-order valence-corrected chi connectivity index (χ4v) is 3.03. The van der Waals surface area contributed by atoms with Crippen LogP contribution in [0, 0.1) is 6.92 Å². The lowest BCUT2D eigenvalue weighted by molar-refractivity contribution is 0.0963. The molecule has 2 heterocycles. The van der Waals surface area contributed by atoms with Crippen LogP contribution in [-0.4, -0.2) is 77.2 Å². The number of aryl methyl sites for hydroxylation is 1. The quantitative estimate of drug-likeness (QED) is 0.214. The van der Waals surface area contributed by atoms with Crippen LogP contribution in [0.25, 0.3) is 0 Å². The second-order valence-electron chi connectivity index (χ2n) is 6.97. The predicted molar refractivity (Wildman–Crippen MR) is 126 cm³/mol. The smallest absolute Gasteiger partial charge is 0.409 e. The fraction of sp³-hybridized carbons (Fsp3) is 0.789. The van der Waals surface area contributed by atoms with Crippen molar-refractivity contribution in [2.45, 2.75) is 52.6 Å². The molecule has 1 fully saturated rings. The Balaban J connectivity index is 0.00000450. The molecule has 30 heavy (non-hydrogen) atoms. The molecule has 0 spiro atoms. The van der Waals surface area contributed by atoms with Crippen molar-refractivity contribution in [2.75, 3.05) is 39.5 Å². The van der Waals surface area contributed by atoms with E-state index >= 15 is 0 Å². The minimum Gasteiger partial charge on any atom is -0.450 e. The summed E-state index contributed by atoms with van der Waals surface area (Å²) < 4.78 is 12.4. The highest BCUT2D eigenvalue weighted by Gasteiger charge is 2.24. The van der Waals surface area contributed by atoms with E-state index in [-0.39, 0.29) is 36.1 Å². The Morgan fingerprint density at radius 1 is 1.23 bits per heavy atom. The zero-order valence-electron chi connectivity index (χ0n) is 18.5. The van der Waals surface area contributed by atoms with E-state index in [1.54, 1.807) is 4.90 Å². The van der Waals surface area contributed by atoms with Gasteiger partial charge in [-0.05, 0) is 40.0 Å². The Morgan fingerprint density at radius 2 is 1.97 bits per heavy atom. The number of aromatic nitrogens is 3. The molecule has 0 bridgehead atoms. The highest BCUT2D eigenvalue weighted by molar-refractivity contribution is 14.0. The monoisotopic (exact) mass is 537 g/mol. The molecule has 1 aliphatic heterocycles. The third-order valence-corrected chi connectivity index (χ3v) is 4.89. The molecule has 1 saturated heterocycles. The van der Waals surface area contributed by atoms with Gasteiger partial charge in [0.2, 0.25) is 0 Å². The van der Waals surface area contributed by atoms with E-state index in [0.717, 1.165) is 56.6 Å². The summed E-state index contributed by atoms with van der Waals surface area (Å²) >= 11 is 0. The Morgan fingerprint density at radius 3 is 2.57 bits per heavy atom. The lowest BCUT2D eigenvalue weighted by atomic mass is 10.1. The molecular weight excluding hydrogens is 501 g/mol. The third-order valence-electron chi connectivity index (χ3n) is 4.89. The van der Waals surface area contributed by atoms with Crippen LogP contribution in [0.5, 0.6) is 0 Å². The van der Waals surface area contributed by atoms with Gasteiger partial charge in [-0.15, -0.1) is 34.2 Å². The molecule has 1 aliphatic rings. The maximum atomic E-state index is 11.9. The van der Waals surface area contributed by atoms with E-state index in [1.165, 1.54) is 0 Å². The molecule has 0 unspecified atom stereocenters. The number of piperidine rings is 1. The van der Waals surface area contributed by atoms with Gasteiger partial charge >= 0.3 is 6.09 Å². The van der Waals surface area contributed by atoms with Gasteiger partial charge in [0.05, 0.1) is 6.61 Å². The summed E-state index contributed by atoms with van der Waals surface area (Å²) in [5.74, 6) is 2.42. The van der Waals surface area contributed by atoms with Crippen molar-refractivity contribution in [1.29, 1.82) is 0 Å². The molecule has 2 N–H and O–H groups in total. The van der Waals surface area contributed by atoms with Crippen LogP contribution >= 0.6 is 24.0 Å². The molecule has 10 nitrogen and oxygen atoms in total. The highest BCUT2D eigenvalue weighted by atomic mass is 127. The number of rotatable bonds is 9. The number of hydrogen-bond acceptors (Lipinski definition) is 6. The largest absolute Gasteiger partial charge is 0.450 e. The highest BCUT2D eigenvalue weighted by Crippen LogP contribution is 2.11. The molecule has 0 aliphatic carbocycles.